The minimum atomic E-state index is -1.11. The Hall–Kier alpha value is -2.54. The molecule has 1 unspecified atom stereocenters. The van der Waals surface area contributed by atoms with Crippen molar-refractivity contribution in [3.05, 3.63) is 41.3 Å². The number of aryl methyl sites for hydroxylation is 1. The molecule has 2 aromatic rings. The van der Waals surface area contributed by atoms with Crippen LogP contribution in [0, 0.1) is 12.7 Å². The number of aromatic nitrogens is 1. The molecule has 1 aromatic heterocycles. The average Bonchev–Trinajstić information content (AvgIpc) is 2.53. The van der Waals surface area contributed by atoms with Crippen LogP contribution in [0.15, 0.2) is 24.3 Å². The van der Waals surface area contributed by atoms with Crippen LogP contribution >= 0.6 is 0 Å². The van der Waals surface area contributed by atoms with Gasteiger partial charge in [0.15, 0.2) is 6.04 Å². The lowest BCUT2D eigenvalue weighted by Crippen LogP contribution is -2.52. The van der Waals surface area contributed by atoms with Crippen molar-refractivity contribution < 1.29 is 23.8 Å². The highest BCUT2D eigenvalue weighted by Crippen LogP contribution is 2.21. The number of carbonyl (C=O) groups excluding carboxylic acids is 1. The molecule has 0 radical (unpaired) electrons. The first-order valence-electron chi connectivity index (χ1n) is 7.16. The smallest absolute Gasteiger partial charge is 0.328 e. The summed E-state index contributed by atoms with van der Waals surface area (Å²) in [5.74, 6) is -1.91. The summed E-state index contributed by atoms with van der Waals surface area (Å²) in [7, 11) is 0. The molecule has 1 aromatic carbocycles. The van der Waals surface area contributed by atoms with Crippen LogP contribution in [0.4, 0.5) is 4.39 Å². The quantitative estimate of drug-likeness (QED) is 0.910. The van der Waals surface area contributed by atoms with Crippen molar-refractivity contribution in [2.75, 3.05) is 19.8 Å². The van der Waals surface area contributed by atoms with Crippen LogP contribution in [0.3, 0.4) is 0 Å². The van der Waals surface area contributed by atoms with Crippen LogP contribution in [0.2, 0.25) is 0 Å². The summed E-state index contributed by atoms with van der Waals surface area (Å²) in [5, 5.41) is 9.87. The van der Waals surface area contributed by atoms with Gasteiger partial charge < -0.3 is 14.7 Å². The number of pyridine rings is 1. The number of carboxylic acids is 1. The molecule has 1 fully saturated rings. The fourth-order valence-corrected chi connectivity index (χ4v) is 2.66. The Morgan fingerprint density at radius 3 is 2.91 bits per heavy atom. The maximum Gasteiger partial charge on any atom is 0.328 e. The lowest BCUT2D eigenvalue weighted by Gasteiger charge is -2.33. The van der Waals surface area contributed by atoms with Crippen LogP contribution in [0.1, 0.15) is 16.1 Å². The zero-order valence-electron chi connectivity index (χ0n) is 12.5. The zero-order valence-corrected chi connectivity index (χ0v) is 12.5. The van der Waals surface area contributed by atoms with E-state index in [0.29, 0.717) is 28.8 Å². The van der Waals surface area contributed by atoms with Gasteiger partial charge in [0.05, 0.1) is 30.0 Å². The number of hydrogen-bond acceptors (Lipinski definition) is 4. The predicted octanol–water partition coefficient (Wildman–Crippen LogP) is 1.61. The minimum absolute atomic E-state index is 0.0354. The number of morpholine rings is 1. The zero-order chi connectivity index (χ0) is 16.6. The molecule has 2 heterocycles. The van der Waals surface area contributed by atoms with E-state index in [4.69, 9.17) is 4.74 Å². The molecule has 7 heteroatoms. The Balaban J connectivity index is 2.01. The van der Waals surface area contributed by atoms with Gasteiger partial charge in [-0.2, -0.15) is 0 Å². The third-order valence-corrected chi connectivity index (χ3v) is 3.88. The molecular formula is C16H15FN2O4. The maximum atomic E-state index is 13.3. The van der Waals surface area contributed by atoms with Crippen molar-refractivity contribution in [3.8, 4) is 0 Å². The molecule has 120 valence electrons. The topological polar surface area (TPSA) is 79.7 Å². The lowest BCUT2D eigenvalue weighted by molar-refractivity contribution is -0.147. The molecule has 1 N–H and O–H groups in total. The first kappa shape index (κ1) is 15.4. The van der Waals surface area contributed by atoms with E-state index < -0.39 is 23.7 Å². The highest BCUT2D eigenvalue weighted by atomic mass is 19.1. The van der Waals surface area contributed by atoms with Gasteiger partial charge in [-0.05, 0) is 25.1 Å². The highest BCUT2D eigenvalue weighted by molar-refractivity contribution is 6.00. The minimum Gasteiger partial charge on any atom is -0.480 e. The van der Waals surface area contributed by atoms with Gasteiger partial charge in [-0.15, -0.1) is 0 Å². The Bertz CT molecular complexity index is 793. The fraction of sp³-hybridized carbons (Fsp3) is 0.312. The number of carbonyl (C=O) groups is 2. The van der Waals surface area contributed by atoms with Gasteiger partial charge in [0.1, 0.15) is 5.82 Å². The summed E-state index contributed by atoms with van der Waals surface area (Å²) in [4.78, 5) is 29.6. The third kappa shape index (κ3) is 2.87. The summed E-state index contributed by atoms with van der Waals surface area (Å²) in [6.45, 7) is 2.11. The second kappa shape index (κ2) is 5.92. The number of ether oxygens (including phenoxy) is 1. The molecule has 0 aliphatic carbocycles. The average molecular weight is 318 g/mol. The molecule has 1 aliphatic heterocycles. The van der Waals surface area contributed by atoms with E-state index in [-0.39, 0.29) is 13.2 Å². The molecule has 0 spiro atoms. The van der Waals surface area contributed by atoms with Gasteiger partial charge in [0, 0.05) is 18.0 Å². The van der Waals surface area contributed by atoms with E-state index >= 15 is 0 Å². The SMILES string of the molecule is Cc1nc2cc(F)ccc2cc1C(=O)N1CCOCC1C(=O)O. The van der Waals surface area contributed by atoms with E-state index in [1.165, 1.54) is 17.0 Å². The van der Waals surface area contributed by atoms with Gasteiger partial charge in [-0.25, -0.2) is 9.18 Å². The van der Waals surface area contributed by atoms with E-state index in [1.807, 2.05) is 0 Å². The summed E-state index contributed by atoms with van der Waals surface area (Å²) < 4.78 is 18.4. The van der Waals surface area contributed by atoms with E-state index in [2.05, 4.69) is 4.98 Å². The third-order valence-electron chi connectivity index (χ3n) is 3.88. The normalized spacial score (nSPS) is 18.2. The van der Waals surface area contributed by atoms with Crippen LogP contribution in [0.5, 0.6) is 0 Å². The molecule has 1 aliphatic rings. The molecule has 3 rings (SSSR count). The van der Waals surface area contributed by atoms with Crippen molar-refractivity contribution in [2.45, 2.75) is 13.0 Å². The number of amides is 1. The van der Waals surface area contributed by atoms with Crippen molar-refractivity contribution in [3.63, 3.8) is 0 Å². The number of fused-ring (bicyclic) bond motifs is 1. The molecule has 1 amide bonds. The fourth-order valence-electron chi connectivity index (χ4n) is 2.66. The molecule has 0 saturated carbocycles. The summed E-state index contributed by atoms with van der Waals surface area (Å²) in [6, 6.07) is 4.74. The number of benzene rings is 1. The molecular weight excluding hydrogens is 303 g/mol. The number of nitrogens with zero attached hydrogens (tertiary/aromatic N) is 2. The van der Waals surface area contributed by atoms with Crippen LogP contribution in [0.25, 0.3) is 10.9 Å². The monoisotopic (exact) mass is 318 g/mol. The van der Waals surface area contributed by atoms with Gasteiger partial charge in [-0.3, -0.25) is 9.78 Å². The number of aliphatic carboxylic acids is 1. The summed E-state index contributed by atoms with van der Waals surface area (Å²) >= 11 is 0. The second-order valence-electron chi connectivity index (χ2n) is 5.39. The van der Waals surface area contributed by atoms with Crippen molar-refractivity contribution in [1.82, 2.24) is 9.88 Å². The van der Waals surface area contributed by atoms with E-state index in [1.54, 1.807) is 19.1 Å². The number of rotatable bonds is 2. The van der Waals surface area contributed by atoms with Crippen LogP contribution < -0.4 is 0 Å². The number of hydrogen-bond donors (Lipinski definition) is 1. The van der Waals surface area contributed by atoms with Crippen LogP contribution in [-0.2, 0) is 9.53 Å². The van der Waals surface area contributed by atoms with E-state index in [9.17, 15) is 19.1 Å². The summed E-state index contributed by atoms with van der Waals surface area (Å²) in [5.41, 5.74) is 1.21. The van der Waals surface area contributed by atoms with E-state index in [0.717, 1.165) is 0 Å². The Morgan fingerprint density at radius 2 is 2.17 bits per heavy atom. The first-order valence-corrected chi connectivity index (χ1v) is 7.16. The molecule has 1 saturated heterocycles. The highest BCUT2D eigenvalue weighted by Gasteiger charge is 2.34. The number of carboxylic acid groups (broad SMARTS) is 1. The standard InChI is InChI=1S/C16H15FN2O4/c1-9-12(6-10-2-3-11(17)7-13(10)18-9)15(20)19-4-5-23-8-14(19)16(21)22/h2-3,6-7,14H,4-5,8H2,1H3,(H,21,22). The molecule has 1 atom stereocenters. The van der Waals surface area contributed by atoms with Crippen LogP contribution in [-0.4, -0.2) is 52.7 Å². The Labute approximate surface area is 131 Å². The van der Waals surface area contributed by atoms with Gasteiger partial charge in [0.25, 0.3) is 5.91 Å². The van der Waals surface area contributed by atoms with Crippen molar-refractivity contribution >= 4 is 22.8 Å². The Kier molecular flexibility index (Phi) is 3.96. The van der Waals surface area contributed by atoms with Gasteiger partial charge in [0.2, 0.25) is 0 Å². The molecule has 0 bridgehead atoms. The largest absolute Gasteiger partial charge is 0.480 e. The van der Waals surface area contributed by atoms with Crippen molar-refractivity contribution in [1.29, 1.82) is 0 Å². The lowest BCUT2D eigenvalue weighted by atomic mass is 10.1. The Morgan fingerprint density at radius 1 is 1.39 bits per heavy atom. The first-order chi connectivity index (χ1) is 11.0. The molecule has 23 heavy (non-hydrogen) atoms. The molecule has 6 nitrogen and oxygen atoms in total. The predicted molar refractivity (Wildman–Crippen MR) is 79.7 cm³/mol. The number of halogens is 1. The van der Waals surface area contributed by atoms with Gasteiger partial charge >= 0.3 is 5.97 Å². The van der Waals surface area contributed by atoms with Gasteiger partial charge in [-0.1, -0.05) is 0 Å². The maximum absolute atomic E-state index is 13.3. The van der Waals surface area contributed by atoms with Crippen molar-refractivity contribution in [2.24, 2.45) is 0 Å². The second-order valence-corrected chi connectivity index (χ2v) is 5.39. The summed E-state index contributed by atoms with van der Waals surface area (Å²) in [6.07, 6.45) is 0.